The van der Waals surface area contributed by atoms with Gasteiger partial charge in [-0.1, -0.05) is 42.5 Å². The van der Waals surface area contributed by atoms with Crippen LogP contribution in [0.2, 0.25) is 0 Å². The molecule has 0 fully saturated rings. The average molecular weight is 333 g/mol. The van der Waals surface area contributed by atoms with E-state index in [1.54, 1.807) is 6.07 Å². The Hall–Kier alpha value is -3.48. The Kier molecular flexibility index (Phi) is 3.74. The zero-order valence-electron chi connectivity index (χ0n) is 13.2. The second kappa shape index (κ2) is 6.20. The number of carbonyl (C=O) groups is 2. The average Bonchev–Trinajstić information content (AvgIpc) is 2.98. The Balaban J connectivity index is 1.78. The number of para-hydroxylation sites is 2. The van der Waals surface area contributed by atoms with Crippen LogP contribution in [-0.2, 0) is 9.59 Å². The van der Waals surface area contributed by atoms with Crippen molar-refractivity contribution in [3.63, 3.8) is 0 Å². The highest BCUT2D eigenvalue weighted by Gasteiger charge is 2.31. The SMILES string of the molecule is O=C1CN=C(NC2C(=O)Nc3ccccc3N=C2c2ccccc2)N1. The monoisotopic (exact) mass is 333 g/mol. The van der Waals surface area contributed by atoms with Gasteiger partial charge in [-0.25, -0.2) is 9.98 Å². The number of fused-ring (bicyclic) bond motifs is 1. The summed E-state index contributed by atoms with van der Waals surface area (Å²) in [6.07, 6.45) is 0. The lowest BCUT2D eigenvalue weighted by Crippen LogP contribution is -2.52. The standard InChI is InChI=1S/C18H15N5O2/c24-14-10-19-18(22-14)23-16-15(11-6-2-1-3-7-11)20-12-8-4-5-9-13(12)21-17(16)25/h1-9,16H,10H2,(H,21,25)(H2,19,22,23,24). The highest BCUT2D eigenvalue weighted by molar-refractivity contribution is 6.23. The smallest absolute Gasteiger partial charge is 0.253 e. The van der Waals surface area contributed by atoms with Crippen LogP contribution in [0.25, 0.3) is 0 Å². The Morgan fingerprint density at radius 1 is 0.960 bits per heavy atom. The number of hydrogen-bond acceptors (Lipinski definition) is 5. The summed E-state index contributed by atoms with van der Waals surface area (Å²) in [7, 11) is 0. The first-order chi connectivity index (χ1) is 12.2. The maximum atomic E-state index is 12.8. The number of anilines is 1. The van der Waals surface area contributed by atoms with Gasteiger partial charge in [-0.2, -0.15) is 0 Å². The molecule has 0 saturated heterocycles. The highest BCUT2D eigenvalue weighted by atomic mass is 16.2. The predicted octanol–water partition coefficient (Wildman–Crippen LogP) is 1.20. The van der Waals surface area contributed by atoms with Crippen molar-refractivity contribution in [3.05, 3.63) is 60.2 Å². The molecule has 0 aromatic heterocycles. The molecule has 0 aliphatic carbocycles. The number of guanidine groups is 1. The van der Waals surface area contributed by atoms with E-state index in [0.717, 1.165) is 5.56 Å². The summed E-state index contributed by atoms with van der Waals surface area (Å²) in [6.45, 7) is 0.0503. The van der Waals surface area contributed by atoms with Crippen LogP contribution < -0.4 is 16.0 Å². The molecule has 7 heteroatoms. The summed E-state index contributed by atoms with van der Waals surface area (Å²) >= 11 is 0. The molecule has 1 unspecified atom stereocenters. The zero-order valence-corrected chi connectivity index (χ0v) is 13.2. The third-order valence-electron chi connectivity index (χ3n) is 3.93. The molecule has 2 aromatic carbocycles. The van der Waals surface area contributed by atoms with Crippen LogP contribution in [0.5, 0.6) is 0 Å². The summed E-state index contributed by atoms with van der Waals surface area (Å²) < 4.78 is 0. The minimum absolute atomic E-state index is 0.0503. The fourth-order valence-corrected chi connectivity index (χ4v) is 2.75. The van der Waals surface area contributed by atoms with E-state index in [9.17, 15) is 9.59 Å². The van der Waals surface area contributed by atoms with Gasteiger partial charge in [0.15, 0.2) is 12.0 Å². The first-order valence-electron chi connectivity index (χ1n) is 7.85. The molecule has 124 valence electrons. The zero-order chi connectivity index (χ0) is 17.2. The number of amides is 2. The van der Waals surface area contributed by atoms with Crippen LogP contribution in [-0.4, -0.2) is 36.1 Å². The molecular weight excluding hydrogens is 318 g/mol. The number of carbonyl (C=O) groups excluding carboxylic acids is 2. The van der Waals surface area contributed by atoms with Crippen LogP contribution >= 0.6 is 0 Å². The normalized spacial score (nSPS) is 19.1. The first kappa shape index (κ1) is 15.1. The predicted molar refractivity (Wildman–Crippen MR) is 95.1 cm³/mol. The van der Waals surface area contributed by atoms with Gasteiger partial charge in [0.1, 0.15) is 6.54 Å². The van der Waals surface area contributed by atoms with Crippen LogP contribution in [0.15, 0.2) is 64.6 Å². The number of rotatable bonds is 2. The molecule has 4 rings (SSSR count). The number of aliphatic imine (C=N–C) groups is 2. The van der Waals surface area contributed by atoms with Crippen molar-refractivity contribution in [2.45, 2.75) is 6.04 Å². The van der Waals surface area contributed by atoms with Crippen molar-refractivity contribution in [1.82, 2.24) is 10.6 Å². The molecule has 25 heavy (non-hydrogen) atoms. The van der Waals surface area contributed by atoms with Gasteiger partial charge >= 0.3 is 0 Å². The maximum absolute atomic E-state index is 12.8. The molecule has 0 saturated carbocycles. The topological polar surface area (TPSA) is 95.0 Å². The lowest BCUT2D eigenvalue weighted by molar-refractivity contribution is -0.118. The van der Waals surface area contributed by atoms with Crippen molar-refractivity contribution >= 4 is 34.9 Å². The fourth-order valence-electron chi connectivity index (χ4n) is 2.75. The summed E-state index contributed by atoms with van der Waals surface area (Å²) in [5.74, 6) is -0.200. The van der Waals surface area contributed by atoms with Crippen LogP contribution in [0, 0.1) is 0 Å². The first-order valence-corrected chi connectivity index (χ1v) is 7.85. The van der Waals surface area contributed by atoms with Crippen molar-refractivity contribution in [3.8, 4) is 0 Å². The van der Waals surface area contributed by atoms with E-state index in [2.05, 4.69) is 20.9 Å². The van der Waals surface area contributed by atoms with Gasteiger partial charge in [-0.15, -0.1) is 0 Å². The number of nitrogens with zero attached hydrogens (tertiary/aromatic N) is 2. The van der Waals surface area contributed by atoms with Crippen LogP contribution in [0.1, 0.15) is 5.56 Å². The van der Waals surface area contributed by atoms with Crippen molar-refractivity contribution in [2.24, 2.45) is 9.98 Å². The van der Waals surface area contributed by atoms with Crippen molar-refractivity contribution in [1.29, 1.82) is 0 Å². The molecule has 2 aromatic rings. The van der Waals surface area contributed by atoms with Crippen molar-refractivity contribution < 1.29 is 9.59 Å². The quantitative estimate of drug-likeness (QED) is 0.771. The minimum Gasteiger partial charge on any atom is -0.339 e. The molecule has 7 nitrogen and oxygen atoms in total. The summed E-state index contributed by atoms with van der Waals surface area (Å²) in [5, 5.41) is 8.47. The van der Waals surface area contributed by atoms with Gasteiger partial charge in [0, 0.05) is 0 Å². The van der Waals surface area contributed by atoms with Crippen LogP contribution in [0.3, 0.4) is 0 Å². The van der Waals surface area contributed by atoms with E-state index in [4.69, 9.17) is 4.99 Å². The van der Waals surface area contributed by atoms with Crippen LogP contribution in [0.4, 0.5) is 11.4 Å². The van der Waals surface area contributed by atoms with E-state index in [1.165, 1.54) is 0 Å². The summed E-state index contributed by atoms with van der Waals surface area (Å²) in [4.78, 5) is 33.0. The Morgan fingerprint density at radius 2 is 1.72 bits per heavy atom. The fraction of sp³-hybridized carbons (Fsp3) is 0.111. The van der Waals surface area contributed by atoms with E-state index in [0.29, 0.717) is 17.1 Å². The Morgan fingerprint density at radius 3 is 2.48 bits per heavy atom. The summed E-state index contributed by atoms with van der Waals surface area (Å²) in [6, 6.07) is 16.0. The molecule has 0 bridgehead atoms. The van der Waals surface area contributed by atoms with Gasteiger partial charge < -0.3 is 10.6 Å². The van der Waals surface area contributed by atoms with Gasteiger partial charge in [-0.3, -0.25) is 14.9 Å². The number of nitrogens with one attached hydrogen (secondary N) is 3. The molecule has 2 heterocycles. The number of hydrogen-bond donors (Lipinski definition) is 3. The lowest BCUT2D eigenvalue weighted by atomic mass is 10.0. The van der Waals surface area contributed by atoms with Crippen molar-refractivity contribution in [2.75, 3.05) is 11.9 Å². The van der Waals surface area contributed by atoms with Gasteiger partial charge in [0.2, 0.25) is 5.91 Å². The Labute approximate surface area is 143 Å². The molecule has 2 amide bonds. The molecule has 1 atom stereocenters. The molecule has 3 N–H and O–H groups in total. The van der Waals surface area contributed by atoms with Gasteiger partial charge in [0.25, 0.3) is 5.91 Å². The Bertz CT molecular complexity index is 905. The van der Waals surface area contributed by atoms with E-state index in [-0.39, 0.29) is 24.3 Å². The largest absolute Gasteiger partial charge is 0.339 e. The highest BCUT2D eigenvalue weighted by Crippen LogP contribution is 2.28. The second-order valence-corrected chi connectivity index (χ2v) is 5.66. The third kappa shape index (κ3) is 2.99. The summed E-state index contributed by atoms with van der Waals surface area (Å²) in [5.41, 5.74) is 2.70. The van der Waals surface area contributed by atoms with E-state index in [1.807, 2.05) is 48.5 Å². The van der Waals surface area contributed by atoms with Gasteiger partial charge in [0.05, 0.1) is 17.1 Å². The van der Waals surface area contributed by atoms with E-state index < -0.39 is 6.04 Å². The van der Waals surface area contributed by atoms with E-state index >= 15 is 0 Å². The molecule has 0 radical (unpaired) electrons. The molecular formula is C18H15N5O2. The molecule has 2 aliphatic heterocycles. The minimum atomic E-state index is -0.785. The third-order valence-corrected chi connectivity index (χ3v) is 3.93. The second-order valence-electron chi connectivity index (χ2n) is 5.66. The molecule has 2 aliphatic rings. The molecule has 0 spiro atoms. The number of benzene rings is 2. The van der Waals surface area contributed by atoms with Gasteiger partial charge in [-0.05, 0) is 17.7 Å². The lowest BCUT2D eigenvalue weighted by Gasteiger charge is -2.19. The maximum Gasteiger partial charge on any atom is 0.253 e.